The minimum Gasteiger partial charge on any atom is -0.380 e. The molecule has 1 aliphatic rings. The van der Waals surface area contributed by atoms with Crippen molar-refractivity contribution in [1.29, 1.82) is 0 Å². The summed E-state index contributed by atoms with van der Waals surface area (Å²) < 4.78 is 5.21. The summed E-state index contributed by atoms with van der Waals surface area (Å²) in [6.45, 7) is 0.575. The molecule has 7 nitrogen and oxygen atoms in total. The van der Waals surface area contributed by atoms with Crippen molar-refractivity contribution in [2.45, 2.75) is 12.8 Å². The van der Waals surface area contributed by atoms with Gasteiger partial charge in [-0.2, -0.15) is 5.10 Å². The quantitative estimate of drug-likeness (QED) is 0.657. The highest BCUT2D eigenvalue weighted by molar-refractivity contribution is 6.38. The van der Waals surface area contributed by atoms with Crippen LogP contribution in [0.1, 0.15) is 17.3 Å². The summed E-state index contributed by atoms with van der Waals surface area (Å²) in [5, 5.41) is 13.6. The predicted octanol–water partition coefficient (Wildman–Crippen LogP) is 3.28. The van der Waals surface area contributed by atoms with Crippen LogP contribution in [0.3, 0.4) is 0 Å². The second-order valence-corrected chi connectivity index (χ2v) is 6.48. The molecule has 0 radical (unpaired) electrons. The minimum absolute atomic E-state index is 0.171. The summed E-state index contributed by atoms with van der Waals surface area (Å²) in [4.78, 5) is 4.74. The highest BCUT2D eigenvalue weighted by Crippen LogP contribution is 2.31. The standard InChI is InChI=1S/C18H19ClN6O/c1-25-18(21-15-7-6-14-13(16(15)19)9-20-23-14)22-17(24-25)12-5-3-4-11(8-12)10-26-2/h3-9,17,24H,10H2,1-2H3,(H,20,23)(H,21,22). The fraction of sp³-hybridized carbons (Fsp3) is 0.222. The number of aliphatic imine (C=N–C) groups is 1. The number of anilines is 1. The van der Waals surface area contributed by atoms with Gasteiger partial charge >= 0.3 is 0 Å². The van der Waals surface area contributed by atoms with Crippen molar-refractivity contribution in [3.8, 4) is 0 Å². The summed E-state index contributed by atoms with van der Waals surface area (Å²) in [7, 11) is 3.60. The number of benzene rings is 2. The van der Waals surface area contributed by atoms with Gasteiger partial charge in [-0.1, -0.05) is 29.8 Å². The monoisotopic (exact) mass is 370 g/mol. The van der Waals surface area contributed by atoms with E-state index >= 15 is 0 Å². The number of hydrazine groups is 1. The van der Waals surface area contributed by atoms with E-state index in [1.807, 2.05) is 42.4 Å². The first kappa shape index (κ1) is 16.8. The Morgan fingerprint density at radius 3 is 3.04 bits per heavy atom. The molecular formula is C18H19ClN6O. The number of H-pyrrole nitrogens is 1. The molecule has 0 fully saturated rings. The van der Waals surface area contributed by atoms with Gasteiger partial charge in [0.25, 0.3) is 0 Å². The first-order valence-corrected chi connectivity index (χ1v) is 8.57. The van der Waals surface area contributed by atoms with Crippen LogP contribution < -0.4 is 10.7 Å². The number of nitrogens with one attached hydrogen (secondary N) is 3. The molecule has 0 bridgehead atoms. The Hall–Kier alpha value is -2.61. The fourth-order valence-corrected chi connectivity index (χ4v) is 3.23. The van der Waals surface area contributed by atoms with Crippen LogP contribution in [-0.4, -0.2) is 35.3 Å². The molecule has 3 aromatic rings. The summed E-state index contributed by atoms with van der Waals surface area (Å²) in [5.74, 6) is 0.692. The van der Waals surface area contributed by atoms with E-state index in [1.54, 1.807) is 13.3 Å². The van der Waals surface area contributed by atoms with E-state index in [1.165, 1.54) is 0 Å². The average Bonchev–Trinajstić information content (AvgIpc) is 3.25. The largest absolute Gasteiger partial charge is 0.380 e. The number of nitrogens with zero attached hydrogens (tertiary/aromatic N) is 3. The minimum atomic E-state index is -0.171. The molecule has 3 N–H and O–H groups in total. The first-order chi connectivity index (χ1) is 12.7. The predicted molar refractivity (Wildman–Crippen MR) is 103 cm³/mol. The van der Waals surface area contributed by atoms with Crippen LogP contribution in [0.25, 0.3) is 10.9 Å². The highest BCUT2D eigenvalue weighted by atomic mass is 35.5. The number of methoxy groups -OCH3 is 1. The molecule has 1 aliphatic heterocycles. The SMILES string of the molecule is COCc1cccc(C2N=C(Nc3ccc4[nH]ncc4c3Cl)N(C)N2)c1. The average molecular weight is 371 g/mol. The summed E-state index contributed by atoms with van der Waals surface area (Å²) in [6, 6.07) is 12.0. The Kier molecular flexibility index (Phi) is 4.50. The molecule has 134 valence electrons. The van der Waals surface area contributed by atoms with Crippen molar-refractivity contribution in [3.05, 3.63) is 58.7 Å². The third kappa shape index (κ3) is 3.12. The van der Waals surface area contributed by atoms with Crippen molar-refractivity contribution in [3.63, 3.8) is 0 Å². The Balaban J connectivity index is 1.59. The van der Waals surface area contributed by atoms with Crippen LogP contribution in [0.2, 0.25) is 5.02 Å². The maximum absolute atomic E-state index is 6.49. The number of guanidine groups is 1. The number of hydrogen-bond acceptors (Lipinski definition) is 6. The molecule has 1 unspecified atom stereocenters. The van der Waals surface area contributed by atoms with Gasteiger partial charge in [0.15, 0.2) is 0 Å². The zero-order valence-corrected chi connectivity index (χ0v) is 15.2. The highest BCUT2D eigenvalue weighted by Gasteiger charge is 2.24. The van der Waals surface area contributed by atoms with E-state index in [0.29, 0.717) is 17.6 Å². The molecule has 26 heavy (non-hydrogen) atoms. The van der Waals surface area contributed by atoms with Gasteiger partial charge in [-0.15, -0.1) is 0 Å². The van der Waals surface area contributed by atoms with Crippen molar-refractivity contribution >= 4 is 34.2 Å². The summed E-state index contributed by atoms with van der Waals surface area (Å²) >= 11 is 6.49. The molecule has 0 aliphatic carbocycles. The molecular weight excluding hydrogens is 352 g/mol. The zero-order valence-electron chi connectivity index (χ0n) is 14.5. The van der Waals surface area contributed by atoms with Gasteiger partial charge in [-0.25, -0.2) is 10.4 Å². The number of hydrogen-bond donors (Lipinski definition) is 3. The van der Waals surface area contributed by atoms with Gasteiger partial charge in [0.05, 0.1) is 29.0 Å². The number of aromatic amines is 1. The smallest absolute Gasteiger partial charge is 0.215 e. The fourth-order valence-electron chi connectivity index (χ4n) is 2.97. The molecule has 8 heteroatoms. The molecule has 1 aromatic heterocycles. The van der Waals surface area contributed by atoms with Crippen LogP contribution in [0.15, 0.2) is 47.6 Å². The third-order valence-electron chi connectivity index (χ3n) is 4.27. The van der Waals surface area contributed by atoms with E-state index in [2.05, 4.69) is 27.0 Å². The number of aromatic nitrogens is 2. The lowest BCUT2D eigenvalue weighted by Gasteiger charge is -2.17. The van der Waals surface area contributed by atoms with E-state index in [0.717, 1.165) is 27.7 Å². The number of halogens is 1. The van der Waals surface area contributed by atoms with Gasteiger partial charge < -0.3 is 10.1 Å². The zero-order chi connectivity index (χ0) is 18.1. The van der Waals surface area contributed by atoms with Gasteiger partial charge in [-0.3, -0.25) is 10.1 Å². The second-order valence-electron chi connectivity index (χ2n) is 6.10. The van der Waals surface area contributed by atoms with Crippen LogP contribution in [0.5, 0.6) is 0 Å². The lowest BCUT2D eigenvalue weighted by atomic mass is 10.1. The lowest BCUT2D eigenvalue weighted by molar-refractivity contribution is 0.185. The summed E-state index contributed by atoms with van der Waals surface area (Å²) in [5.41, 5.74) is 7.18. The van der Waals surface area contributed by atoms with Crippen LogP contribution in [-0.2, 0) is 11.3 Å². The van der Waals surface area contributed by atoms with Gasteiger partial charge in [0, 0.05) is 19.5 Å². The van der Waals surface area contributed by atoms with Crippen molar-refractivity contribution in [1.82, 2.24) is 20.6 Å². The van der Waals surface area contributed by atoms with E-state index in [9.17, 15) is 0 Å². The molecule has 0 amide bonds. The number of fused-ring (bicyclic) bond motifs is 1. The Labute approximate surface area is 156 Å². The topological polar surface area (TPSA) is 77.6 Å². The molecule has 4 rings (SSSR count). The number of ether oxygens (including phenoxy) is 1. The van der Waals surface area contributed by atoms with Crippen LogP contribution >= 0.6 is 11.6 Å². The molecule has 1 atom stereocenters. The second kappa shape index (κ2) is 6.95. The van der Waals surface area contributed by atoms with Gasteiger partial charge in [-0.05, 0) is 29.3 Å². The van der Waals surface area contributed by atoms with E-state index < -0.39 is 0 Å². The Morgan fingerprint density at radius 2 is 2.19 bits per heavy atom. The van der Waals surface area contributed by atoms with Crippen LogP contribution in [0, 0.1) is 0 Å². The molecule has 0 saturated heterocycles. The van der Waals surface area contributed by atoms with Crippen molar-refractivity contribution in [2.75, 3.05) is 19.5 Å². The molecule has 0 saturated carbocycles. The molecule has 2 heterocycles. The third-order valence-corrected chi connectivity index (χ3v) is 4.67. The summed E-state index contributed by atoms with van der Waals surface area (Å²) in [6.07, 6.45) is 1.54. The maximum atomic E-state index is 6.49. The lowest BCUT2D eigenvalue weighted by Crippen LogP contribution is -2.37. The van der Waals surface area contributed by atoms with Crippen molar-refractivity contribution in [2.24, 2.45) is 4.99 Å². The maximum Gasteiger partial charge on any atom is 0.215 e. The van der Waals surface area contributed by atoms with E-state index in [-0.39, 0.29) is 6.17 Å². The van der Waals surface area contributed by atoms with Crippen molar-refractivity contribution < 1.29 is 4.74 Å². The van der Waals surface area contributed by atoms with E-state index in [4.69, 9.17) is 21.3 Å². The number of rotatable bonds is 4. The molecule has 2 aromatic carbocycles. The molecule has 0 spiro atoms. The Morgan fingerprint density at radius 1 is 1.31 bits per heavy atom. The first-order valence-electron chi connectivity index (χ1n) is 8.20. The van der Waals surface area contributed by atoms with Crippen LogP contribution in [0.4, 0.5) is 5.69 Å². The Bertz CT molecular complexity index is 969. The normalized spacial score (nSPS) is 17.0. The van der Waals surface area contributed by atoms with Gasteiger partial charge in [0.2, 0.25) is 5.96 Å². The van der Waals surface area contributed by atoms with Gasteiger partial charge in [0.1, 0.15) is 6.17 Å².